The minimum atomic E-state index is -1.19. The van der Waals surface area contributed by atoms with Crippen LogP contribution in [0.25, 0.3) is 17.7 Å². The number of halogens is 2. The van der Waals surface area contributed by atoms with Gasteiger partial charge < -0.3 is 24.8 Å². The van der Waals surface area contributed by atoms with Crippen molar-refractivity contribution in [3.8, 4) is 0 Å². The number of hydrogen-bond acceptors (Lipinski definition) is 2. The van der Waals surface area contributed by atoms with E-state index in [9.17, 15) is 0 Å². The third-order valence-corrected chi connectivity index (χ3v) is 10.5. The monoisotopic (exact) mass is 550 g/mol. The molecule has 2 heterocycles. The Bertz CT molecular complexity index is 1230. The van der Waals surface area contributed by atoms with Crippen molar-refractivity contribution < 1.29 is 56.9 Å². The zero-order chi connectivity index (χ0) is 20.9. The van der Waals surface area contributed by atoms with Crippen LogP contribution in [-0.2, 0) is 23.2 Å². The van der Waals surface area contributed by atoms with Gasteiger partial charge in [0.1, 0.15) is 0 Å². The van der Waals surface area contributed by atoms with Crippen LogP contribution >= 0.6 is 0 Å². The maximum Gasteiger partial charge on any atom is -1.00 e. The summed E-state index contributed by atoms with van der Waals surface area (Å²) in [5, 5.41) is 0. The van der Waals surface area contributed by atoms with Gasteiger partial charge in [0.2, 0.25) is 0 Å². The molecule has 6 rings (SSSR count). The SMILES string of the molecule is CC1C(c2ccco2)=[C]([Zr+2][C]2=C(c3ccco3)C(C)c3ccccc32)c2ccccc21.[Cl-].[Cl-]. The predicted molar refractivity (Wildman–Crippen MR) is 121 cm³/mol. The molecule has 0 spiro atoms. The first-order valence-electron chi connectivity index (χ1n) is 10.8. The van der Waals surface area contributed by atoms with E-state index in [0.717, 1.165) is 11.5 Å². The molecule has 33 heavy (non-hydrogen) atoms. The number of benzene rings is 2. The molecule has 2 nitrogen and oxygen atoms in total. The molecule has 5 heteroatoms. The molecule has 2 aliphatic carbocycles. The molecule has 2 aliphatic rings. The number of rotatable bonds is 4. The standard InChI is InChI=1S/2C14H11O.2ClH.Zr/c2*1-10-12-6-3-2-5-11(12)9-13(10)14-7-4-8-15-14;;;/h2*2-8,10H,1H3;2*1H;/q;;;;+2/p-2. The second-order valence-corrected chi connectivity index (χ2v) is 11.3. The van der Waals surface area contributed by atoms with Gasteiger partial charge in [0, 0.05) is 0 Å². The summed E-state index contributed by atoms with van der Waals surface area (Å²) < 4.78 is 14.9. The fraction of sp³-hybridized carbons (Fsp3) is 0.143. The fourth-order valence-corrected chi connectivity index (χ4v) is 9.90. The number of furan rings is 2. The molecule has 0 saturated carbocycles. The van der Waals surface area contributed by atoms with E-state index in [1.54, 1.807) is 12.5 Å². The van der Waals surface area contributed by atoms with E-state index >= 15 is 0 Å². The minimum Gasteiger partial charge on any atom is -1.00 e. The van der Waals surface area contributed by atoms with Crippen molar-refractivity contribution in [2.75, 3.05) is 0 Å². The van der Waals surface area contributed by atoms with E-state index in [1.807, 2.05) is 12.1 Å². The second-order valence-electron chi connectivity index (χ2n) is 8.27. The Morgan fingerprint density at radius 2 is 1.00 bits per heavy atom. The van der Waals surface area contributed by atoms with Crippen molar-refractivity contribution in [1.29, 1.82) is 0 Å². The van der Waals surface area contributed by atoms with Gasteiger partial charge in [0.15, 0.2) is 0 Å². The van der Waals surface area contributed by atoms with Crippen LogP contribution < -0.4 is 24.8 Å². The molecule has 2 unspecified atom stereocenters. The van der Waals surface area contributed by atoms with E-state index in [2.05, 4.69) is 74.5 Å². The minimum absolute atomic E-state index is 0. The van der Waals surface area contributed by atoms with Gasteiger partial charge in [0.25, 0.3) is 0 Å². The van der Waals surface area contributed by atoms with Crippen molar-refractivity contribution in [3.63, 3.8) is 0 Å². The Morgan fingerprint density at radius 1 is 0.576 bits per heavy atom. The summed E-state index contributed by atoms with van der Waals surface area (Å²) in [6, 6.07) is 26.0. The molecule has 4 aromatic rings. The maximum absolute atomic E-state index is 5.94. The smallest absolute Gasteiger partial charge is 1.00 e. The molecule has 2 atom stereocenters. The Balaban J connectivity index is 0.00000130. The summed E-state index contributed by atoms with van der Waals surface area (Å²) in [5.41, 5.74) is 8.42. The number of hydrogen-bond donors (Lipinski definition) is 0. The summed E-state index contributed by atoms with van der Waals surface area (Å²) in [6.45, 7) is 4.63. The Morgan fingerprint density at radius 3 is 1.39 bits per heavy atom. The summed E-state index contributed by atoms with van der Waals surface area (Å²) in [7, 11) is 0. The molecule has 0 aliphatic heterocycles. The van der Waals surface area contributed by atoms with Crippen LogP contribution in [0.5, 0.6) is 0 Å². The quantitative estimate of drug-likeness (QED) is 0.385. The Kier molecular flexibility index (Phi) is 7.05. The first kappa shape index (κ1) is 24.1. The third-order valence-electron chi connectivity index (χ3n) is 6.62. The number of allylic oxidation sites excluding steroid dienone is 2. The summed E-state index contributed by atoms with van der Waals surface area (Å²) >= 11 is -1.19. The Labute approximate surface area is 218 Å². The molecule has 0 radical (unpaired) electrons. The van der Waals surface area contributed by atoms with E-state index in [-0.39, 0.29) is 24.8 Å². The van der Waals surface area contributed by atoms with E-state index in [0.29, 0.717) is 11.8 Å². The molecule has 0 saturated heterocycles. The summed E-state index contributed by atoms with van der Waals surface area (Å²) in [5.74, 6) is 2.72. The van der Waals surface area contributed by atoms with Crippen LogP contribution in [0.1, 0.15) is 59.5 Å². The van der Waals surface area contributed by atoms with Gasteiger partial charge in [-0.25, -0.2) is 0 Å². The molecule has 0 N–H and O–H groups in total. The van der Waals surface area contributed by atoms with Crippen LogP contribution in [0.15, 0.2) is 94.2 Å². The maximum atomic E-state index is 5.94. The molecular weight excluding hydrogens is 530 g/mol. The zero-order valence-corrected chi connectivity index (χ0v) is 22.3. The third kappa shape index (κ3) is 3.85. The molecule has 2 aromatic carbocycles. The largest absolute Gasteiger partial charge is 1.00 e. The van der Waals surface area contributed by atoms with Crippen molar-refractivity contribution in [1.82, 2.24) is 0 Å². The van der Waals surface area contributed by atoms with Gasteiger partial charge >= 0.3 is 195 Å². The number of fused-ring (bicyclic) bond motifs is 2. The van der Waals surface area contributed by atoms with Crippen LogP contribution in [0, 0.1) is 0 Å². The van der Waals surface area contributed by atoms with Crippen LogP contribution in [0.3, 0.4) is 0 Å². The normalized spacial score (nSPS) is 18.4. The van der Waals surface area contributed by atoms with Crippen LogP contribution in [0.4, 0.5) is 0 Å². The first-order valence-corrected chi connectivity index (χ1v) is 13.2. The van der Waals surface area contributed by atoms with Crippen molar-refractivity contribution in [2.24, 2.45) is 0 Å². The van der Waals surface area contributed by atoms with Gasteiger partial charge in [-0.15, -0.1) is 0 Å². The van der Waals surface area contributed by atoms with Crippen molar-refractivity contribution >= 4 is 17.7 Å². The van der Waals surface area contributed by atoms with Gasteiger partial charge in [-0.1, -0.05) is 0 Å². The van der Waals surface area contributed by atoms with Crippen molar-refractivity contribution in [2.45, 2.75) is 25.7 Å². The second kappa shape index (κ2) is 9.67. The van der Waals surface area contributed by atoms with E-state index in [4.69, 9.17) is 8.83 Å². The summed E-state index contributed by atoms with van der Waals surface area (Å²) in [4.78, 5) is 0. The van der Waals surface area contributed by atoms with E-state index in [1.165, 1.54) is 40.0 Å². The molecular formula is C28H22Cl2O2Zr. The van der Waals surface area contributed by atoms with Crippen LogP contribution in [0.2, 0.25) is 0 Å². The average molecular weight is 553 g/mol. The topological polar surface area (TPSA) is 26.3 Å². The predicted octanol–water partition coefficient (Wildman–Crippen LogP) is 1.63. The molecule has 0 fully saturated rings. The van der Waals surface area contributed by atoms with Crippen molar-refractivity contribution in [3.05, 3.63) is 119 Å². The van der Waals surface area contributed by atoms with Crippen LogP contribution in [-0.4, -0.2) is 0 Å². The molecule has 2 aromatic heterocycles. The van der Waals surface area contributed by atoms with Gasteiger partial charge in [-0.2, -0.15) is 0 Å². The molecule has 164 valence electrons. The first-order chi connectivity index (χ1) is 15.2. The Hall–Kier alpha value is -2.06. The van der Waals surface area contributed by atoms with Gasteiger partial charge in [0.05, 0.1) is 0 Å². The molecule has 0 bridgehead atoms. The van der Waals surface area contributed by atoms with Gasteiger partial charge in [-0.05, 0) is 0 Å². The molecule has 0 amide bonds. The fourth-order valence-electron chi connectivity index (χ4n) is 5.17. The zero-order valence-electron chi connectivity index (χ0n) is 18.3. The average Bonchev–Trinajstić information content (AvgIpc) is 3.58. The summed E-state index contributed by atoms with van der Waals surface area (Å²) in [6.07, 6.45) is 3.59. The van der Waals surface area contributed by atoms with E-state index < -0.39 is 23.2 Å². The van der Waals surface area contributed by atoms with Gasteiger partial charge in [-0.3, -0.25) is 0 Å².